The van der Waals surface area contributed by atoms with E-state index in [1.807, 2.05) is 0 Å². The van der Waals surface area contributed by atoms with Crippen LogP contribution in [0, 0.1) is 5.53 Å². The van der Waals surface area contributed by atoms with Gasteiger partial charge < -0.3 is 4.74 Å². The second-order valence-electron chi connectivity index (χ2n) is 2.29. The lowest BCUT2D eigenvalue weighted by atomic mass is 10.2. The number of halogens is 1. The van der Waals surface area contributed by atoms with Crippen molar-refractivity contribution in [2.45, 2.75) is 6.61 Å². The summed E-state index contributed by atoms with van der Waals surface area (Å²) in [7, 11) is 0. The molecule has 0 fully saturated rings. The molecule has 0 saturated heterocycles. The molecule has 0 bridgehead atoms. The largest absolute Gasteiger partial charge is 0.452 e. The third-order valence-corrected chi connectivity index (χ3v) is 1.62. The highest BCUT2D eigenvalue weighted by atomic mass is 35.5. The van der Waals surface area contributed by atoms with Crippen LogP contribution in [0.25, 0.3) is 0 Å². The Hall–Kier alpha value is -1.42. The van der Waals surface area contributed by atoms with Crippen LogP contribution in [0.2, 0.25) is 5.02 Å². The molecular weight excluding hydrogens is 192 g/mol. The van der Waals surface area contributed by atoms with Gasteiger partial charge in [0.2, 0.25) is 0 Å². The standard InChI is InChI=1S/C8H7ClN2O2/c9-7-3-1-6(2-4-7)5-13-8(12)11-10/h1-4,10H,5H2. The summed E-state index contributed by atoms with van der Waals surface area (Å²) in [4.78, 5) is 10.4. The average Bonchev–Trinajstić information content (AvgIpc) is 2.16. The molecule has 0 heterocycles. The first-order valence-electron chi connectivity index (χ1n) is 3.51. The maximum atomic E-state index is 10.4. The third kappa shape index (κ3) is 3.21. The second kappa shape index (κ2) is 4.57. The number of ether oxygens (including phenoxy) is 1. The molecule has 13 heavy (non-hydrogen) atoms. The predicted octanol–water partition coefficient (Wildman–Crippen LogP) is 3.01. The topological polar surface area (TPSA) is 62.5 Å². The van der Waals surface area contributed by atoms with Crippen molar-refractivity contribution < 1.29 is 9.53 Å². The van der Waals surface area contributed by atoms with Gasteiger partial charge in [-0.3, -0.25) is 0 Å². The van der Waals surface area contributed by atoms with Gasteiger partial charge in [0.25, 0.3) is 0 Å². The number of rotatable bonds is 2. The number of hydrogen-bond acceptors (Lipinski definition) is 3. The Balaban J connectivity index is 2.50. The molecule has 1 N–H and O–H groups in total. The van der Waals surface area contributed by atoms with E-state index < -0.39 is 6.09 Å². The Morgan fingerprint density at radius 1 is 1.46 bits per heavy atom. The average molecular weight is 199 g/mol. The van der Waals surface area contributed by atoms with Crippen LogP contribution in [0.4, 0.5) is 4.79 Å². The van der Waals surface area contributed by atoms with Gasteiger partial charge in [0.15, 0.2) is 0 Å². The van der Waals surface area contributed by atoms with E-state index in [4.69, 9.17) is 17.1 Å². The van der Waals surface area contributed by atoms with Gasteiger partial charge in [-0.25, -0.2) is 4.79 Å². The van der Waals surface area contributed by atoms with E-state index in [0.717, 1.165) is 5.56 Å². The number of carbonyl (C=O) groups excluding carboxylic acids is 1. The zero-order valence-electron chi connectivity index (χ0n) is 6.66. The van der Waals surface area contributed by atoms with E-state index in [0.29, 0.717) is 5.02 Å². The maximum absolute atomic E-state index is 10.4. The minimum Gasteiger partial charge on any atom is -0.442 e. The van der Waals surface area contributed by atoms with Crippen molar-refractivity contribution in [3.05, 3.63) is 34.9 Å². The van der Waals surface area contributed by atoms with Gasteiger partial charge in [0.1, 0.15) is 6.61 Å². The van der Waals surface area contributed by atoms with Crippen LogP contribution in [0.15, 0.2) is 29.4 Å². The van der Waals surface area contributed by atoms with Crippen molar-refractivity contribution in [3.8, 4) is 0 Å². The van der Waals surface area contributed by atoms with Crippen molar-refractivity contribution >= 4 is 17.7 Å². The number of benzene rings is 1. The monoisotopic (exact) mass is 198 g/mol. The molecule has 1 aromatic carbocycles. The van der Waals surface area contributed by atoms with Gasteiger partial charge in [0.05, 0.1) is 0 Å². The van der Waals surface area contributed by atoms with Gasteiger partial charge in [-0.15, -0.1) is 0 Å². The molecule has 1 aromatic rings. The lowest BCUT2D eigenvalue weighted by molar-refractivity contribution is 0.148. The molecular formula is C8H7ClN2O2. The Labute approximate surface area is 80.0 Å². The summed E-state index contributed by atoms with van der Waals surface area (Å²) >= 11 is 5.65. The second-order valence-corrected chi connectivity index (χ2v) is 2.73. The van der Waals surface area contributed by atoms with Crippen LogP contribution in [0.3, 0.4) is 0 Å². The minimum atomic E-state index is -0.894. The fraction of sp³-hybridized carbons (Fsp3) is 0.125. The molecule has 4 nitrogen and oxygen atoms in total. The Morgan fingerprint density at radius 3 is 2.62 bits per heavy atom. The highest BCUT2D eigenvalue weighted by Crippen LogP contribution is 2.10. The smallest absolute Gasteiger partial charge is 0.442 e. The molecule has 0 atom stereocenters. The first-order chi connectivity index (χ1) is 6.22. The van der Waals surface area contributed by atoms with Crippen LogP contribution in [-0.2, 0) is 11.3 Å². The van der Waals surface area contributed by atoms with E-state index in [9.17, 15) is 4.79 Å². The molecule has 1 rings (SSSR count). The maximum Gasteiger partial charge on any atom is 0.452 e. The lowest BCUT2D eigenvalue weighted by Crippen LogP contribution is -1.97. The van der Waals surface area contributed by atoms with Gasteiger partial charge >= 0.3 is 6.09 Å². The van der Waals surface area contributed by atoms with Crippen LogP contribution in [0.1, 0.15) is 5.56 Å². The van der Waals surface area contributed by atoms with Crippen molar-refractivity contribution in [3.63, 3.8) is 0 Å². The van der Waals surface area contributed by atoms with Crippen LogP contribution < -0.4 is 0 Å². The minimum absolute atomic E-state index is 0.110. The Morgan fingerprint density at radius 2 is 2.08 bits per heavy atom. The molecule has 5 heteroatoms. The first kappa shape index (κ1) is 9.67. The third-order valence-electron chi connectivity index (χ3n) is 1.37. The van der Waals surface area contributed by atoms with E-state index in [1.54, 1.807) is 24.3 Å². The van der Waals surface area contributed by atoms with E-state index in [2.05, 4.69) is 9.85 Å². The van der Waals surface area contributed by atoms with E-state index in [-0.39, 0.29) is 6.61 Å². The van der Waals surface area contributed by atoms with Crippen LogP contribution >= 0.6 is 11.6 Å². The summed E-state index contributed by atoms with van der Waals surface area (Å²) in [6.07, 6.45) is -0.894. The molecule has 0 radical (unpaired) electrons. The summed E-state index contributed by atoms with van der Waals surface area (Å²) in [5.74, 6) is 0. The van der Waals surface area contributed by atoms with Gasteiger partial charge in [-0.1, -0.05) is 28.8 Å². The quantitative estimate of drug-likeness (QED) is 0.743. The first-order valence-corrected chi connectivity index (χ1v) is 3.89. The molecule has 0 saturated carbocycles. The number of nitrogens with zero attached hydrogens (tertiary/aromatic N) is 1. The molecule has 0 spiro atoms. The van der Waals surface area contributed by atoms with Crippen LogP contribution in [-0.4, -0.2) is 6.09 Å². The fourth-order valence-corrected chi connectivity index (χ4v) is 0.884. The highest BCUT2D eigenvalue weighted by Gasteiger charge is 1.99. The van der Waals surface area contributed by atoms with E-state index in [1.165, 1.54) is 0 Å². The van der Waals surface area contributed by atoms with Crippen molar-refractivity contribution in [1.82, 2.24) is 0 Å². The molecule has 0 unspecified atom stereocenters. The van der Waals surface area contributed by atoms with Gasteiger partial charge in [0, 0.05) is 5.02 Å². The summed E-state index contributed by atoms with van der Waals surface area (Å²) in [6.45, 7) is 0.110. The summed E-state index contributed by atoms with van der Waals surface area (Å²) < 4.78 is 4.58. The number of hydrogen-bond donors (Lipinski definition) is 1. The van der Waals surface area contributed by atoms with Crippen molar-refractivity contribution in [1.29, 1.82) is 5.53 Å². The van der Waals surface area contributed by atoms with Crippen molar-refractivity contribution in [2.24, 2.45) is 5.11 Å². The normalized spacial score (nSPS) is 9.31. The fourth-order valence-electron chi connectivity index (χ4n) is 0.758. The van der Waals surface area contributed by atoms with Gasteiger partial charge in [-0.2, -0.15) is 5.53 Å². The molecule has 0 aromatic heterocycles. The predicted molar refractivity (Wildman–Crippen MR) is 46.8 cm³/mol. The van der Waals surface area contributed by atoms with E-state index >= 15 is 0 Å². The lowest BCUT2D eigenvalue weighted by Gasteiger charge is -2.00. The highest BCUT2D eigenvalue weighted by molar-refractivity contribution is 6.30. The zero-order chi connectivity index (χ0) is 9.68. The zero-order valence-corrected chi connectivity index (χ0v) is 7.41. The Kier molecular flexibility index (Phi) is 3.40. The number of amides is 1. The Bertz CT molecular complexity index is 310. The summed E-state index contributed by atoms with van der Waals surface area (Å²) in [5.41, 5.74) is 7.14. The number of nitrogens with one attached hydrogen (secondary N) is 1. The number of carbonyl (C=O) groups is 1. The van der Waals surface area contributed by atoms with Crippen molar-refractivity contribution in [2.75, 3.05) is 0 Å². The summed E-state index contributed by atoms with van der Waals surface area (Å²) in [5, 5.41) is 3.21. The van der Waals surface area contributed by atoms with Crippen LogP contribution in [0.5, 0.6) is 0 Å². The molecule has 0 aliphatic carbocycles. The van der Waals surface area contributed by atoms with Gasteiger partial charge in [-0.05, 0) is 17.7 Å². The molecule has 1 amide bonds. The molecule has 68 valence electrons. The molecule has 0 aliphatic rings. The SMILES string of the molecule is N=NC(=O)OCc1ccc(Cl)cc1. The summed E-state index contributed by atoms with van der Waals surface area (Å²) in [6, 6.07) is 6.87. The molecule has 0 aliphatic heterocycles.